The number of rotatable bonds is 4. The molecule has 1 N–H and O–H groups in total. The van der Waals surface area contributed by atoms with Gasteiger partial charge in [-0.15, -0.1) is 11.3 Å². The van der Waals surface area contributed by atoms with Crippen LogP contribution in [0.25, 0.3) is 0 Å². The number of amides is 2. The van der Waals surface area contributed by atoms with Crippen LogP contribution in [0.3, 0.4) is 0 Å². The van der Waals surface area contributed by atoms with Crippen molar-refractivity contribution in [3.05, 3.63) is 87.1 Å². The van der Waals surface area contributed by atoms with Gasteiger partial charge in [0.2, 0.25) is 5.91 Å². The summed E-state index contributed by atoms with van der Waals surface area (Å²) in [6.07, 6.45) is 0.624. The second-order valence-corrected chi connectivity index (χ2v) is 8.09. The van der Waals surface area contributed by atoms with E-state index in [0.29, 0.717) is 22.7 Å². The van der Waals surface area contributed by atoms with Crippen LogP contribution in [0.15, 0.2) is 71.1 Å². The highest BCUT2D eigenvalue weighted by Gasteiger charge is 2.34. The van der Waals surface area contributed by atoms with E-state index in [-0.39, 0.29) is 17.9 Å². The molecule has 29 heavy (non-hydrogen) atoms. The zero-order chi connectivity index (χ0) is 20.4. The number of nitrogens with zero attached hydrogens (tertiary/aromatic N) is 2. The summed E-state index contributed by atoms with van der Waals surface area (Å²) in [6.45, 7) is 1.47. The van der Waals surface area contributed by atoms with E-state index in [9.17, 15) is 9.59 Å². The van der Waals surface area contributed by atoms with Gasteiger partial charge in [-0.2, -0.15) is 5.10 Å². The van der Waals surface area contributed by atoms with Gasteiger partial charge < -0.3 is 5.32 Å². The predicted octanol–water partition coefficient (Wildman–Crippen LogP) is 5.35. The van der Waals surface area contributed by atoms with E-state index >= 15 is 0 Å². The van der Waals surface area contributed by atoms with Crippen molar-refractivity contribution >= 4 is 46.2 Å². The number of anilines is 1. The molecule has 3 aromatic rings. The lowest BCUT2D eigenvalue weighted by atomic mass is 10.0. The van der Waals surface area contributed by atoms with Crippen molar-refractivity contribution in [2.24, 2.45) is 5.10 Å². The Labute approximate surface area is 177 Å². The maximum Gasteiger partial charge on any atom is 0.274 e. The van der Waals surface area contributed by atoms with Gasteiger partial charge in [-0.05, 0) is 53.4 Å². The van der Waals surface area contributed by atoms with Crippen LogP contribution in [0, 0.1) is 0 Å². The SMILES string of the molecule is CC(=O)Nc1ccc(C2CC(c3cccs3)=NN2C(=O)c2ccc(Cl)cc2)cc1. The minimum Gasteiger partial charge on any atom is -0.326 e. The zero-order valence-electron chi connectivity index (χ0n) is 15.6. The number of carbonyl (C=O) groups is 2. The van der Waals surface area contributed by atoms with Crippen LogP contribution >= 0.6 is 22.9 Å². The molecule has 2 aromatic carbocycles. The maximum absolute atomic E-state index is 13.2. The molecule has 146 valence electrons. The topological polar surface area (TPSA) is 61.8 Å². The van der Waals surface area contributed by atoms with Crippen LogP contribution in [-0.2, 0) is 4.79 Å². The summed E-state index contributed by atoms with van der Waals surface area (Å²) in [5, 5.41) is 11.6. The van der Waals surface area contributed by atoms with Crippen molar-refractivity contribution in [3.63, 3.8) is 0 Å². The number of hydrogen-bond acceptors (Lipinski definition) is 4. The third-order valence-electron chi connectivity index (χ3n) is 4.63. The van der Waals surface area contributed by atoms with Crippen molar-refractivity contribution < 1.29 is 9.59 Å². The number of carbonyl (C=O) groups excluding carboxylic acids is 2. The normalized spacial score (nSPS) is 15.9. The number of benzene rings is 2. The summed E-state index contributed by atoms with van der Waals surface area (Å²) in [4.78, 5) is 25.5. The molecule has 1 unspecified atom stereocenters. The van der Waals surface area contributed by atoms with Gasteiger partial charge in [0.25, 0.3) is 5.91 Å². The summed E-state index contributed by atoms with van der Waals surface area (Å²) in [7, 11) is 0. The molecule has 0 fully saturated rings. The van der Waals surface area contributed by atoms with E-state index in [1.54, 1.807) is 40.6 Å². The van der Waals surface area contributed by atoms with Gasteiger partial charge in [0, 0.05) is 29.6 Å². The molecule has 1 atom stereocenters. The fourth-order valence-corrected chi connectivity index (χ4v) is 4.11. The number of hydrogen-bond donors (Lipinski definition) is 1. The van der Waals surface area contributed by atoms with E-state index in [1.165, 1.54) is 6.92 Å². The van der Waals surface area contributed by atoms with Crippen LogP contribution in [0.1, 0.15) is 40.2 Å². The Morgan fingerprint density at radius 1 is 1.10 bits per heavy atom. The molecule has 7 heteroatoms. The summed E-state index contributed by atoms with van der Waals surface area (Å²) in [5.74, 6) is -0.300. The summed E-state index contributed by atoms with van der Waals surface area (Å²) in [6, 6.07) is 18.1. The lowest BCUT2D eigenvalue weighted by Gasteiger charge is -2.22. The summed E-state index contributed by atoms with van der Waals surface area (Å²) >= 11 is 7.57. The molecule has 0 saturated heterocycles. The highest BCUT2D eigenvalue weighted by Crippen LogP contribution is 2.35. The fraction of sp³-hybridized carbons (Fsp3) is 0.136. The first-order valence-electron chi connectivity index (χ1n) is 9.09. The third kappa shape index (κ3) is 4.23. The summed E-state index contributed by atoms with van der Waals surface area (Å²) < 4.78 is 0. The minimum atomic E-state index is -0.221. The number of thiophene rings is 1. The highest BCUT2D eigenvalue weighted by atomic mass is 35.5. The Morgan fingerprint density at radius 3 is 2.45 bits per heavy atom. The Bertz CT molecular complexity index is 1060. The Kier molecular flexibility index (Phi) is 5.47. The van der Waals surface area contributed by atoms with E-state index in [0.717, 1.165) is 16.2 Å². The molecule has 1 aliphatic rings. The van der Waals surface area contributed by atoms with Gasteiger partial charge >= 0.3 is 0 Å². The summed E-state index contributed by atoms with van der Waals surface area (Å²) in [5.41, 5.74) is 3.09. The third-order valence-corrected chi connectivity index (χ3v) is 5.80. The lowest BCUT2D eigenvalue weighted by molar-refractivity contribution is -0.114. The molecule has 0 radical (unpaired) electrons. The fourth-order valence-electron chi connectivity index (χ4n) is 3.27. The smallest absolute Gasteiger partial charge is 0.274 e. The van der Waals surface area contributed by atoms with Crippen LogP contribution in [0.4, 0.5) is 5.69 Å². The van der Waals surface area contributed by atoms with Gasteiger partial charge in [-0.1, -0.05) is 29.8 Å². The quantitative estimate of drug-likeness (QED) is 0.614. The average molecular weight is 424 g/mol. The van der Waals surface area contributed by atoms with Crippen LogP contribution in [0.2, 0.25) is 5.02 Å². The molecule has 2 amide bonds. The van der Waals surface area contributed by atoms with E-state index in [1.807, 2.05) is 41.8 Å². The predicted molar refractivity (Wildman–Crippen MR) is 117 cm³/mol. The molecule has 5 nitrogen and oxygen atoms in total. The van der Waals surface area contributed by atoms with Crippen LogP contribution in [0.5, 0.6) is 0 Å². The molecule has 1 aromatic heterocycles. The Balaban J connectivity index is 1.66. The molecule has 0 saturated carbocycles. The first-order valence-corrected chi connectivity index (χ1v) is 10.3. The molecule has 4 rings (SSSR count). The number of halogens is 1. The Hall–Kier alpha value is -2.96. The van der Waals surface area contributed by atoms with Crippen molar-refractivity contribution in [2.75, 3.05) is 5.32 Å². The van der Waals surface area contributed by atoms with Gasteiger partial charge in [-0.25, -0.2) is 5.01 Å². The van der Waals surface area contributed by atoms with E-state index < -0.39 is 0 Å². The molecular formula is C22H18ClN3O2S. The minimum absolute atomic E-state index is 0.124. The van der Waals surface area contributed by atoms with Crippen LogP contribution in [-0.4, -0.2) is 22.5 Å². The van der Waals surface area contributed by atoms with Crippen LogP contribution < -0.4 is 5.32 Å². The number of hydrazone groups is 1. The lowest BCUT2D eigenvalue weighted by Crippen LogP contribution is -2.27. The van der Waals surface area contributed by atoms with Gasteiger partial charge in [0.1, 0.15) is 0 Å². The van der Waals surface area contributed by atoms with Crippen molar-refractivity contribution in [1.29, 1.82) is 0 Å². The zero-order valence-corrected chi connectivity index (χ0v) is 17.2. The van der Waals surface area contributed by atoms with E-state index in [2.05, 4.69) is 10.4 Å². The van der Waals surface area contributed by atoms with Gasteiger partial charge in [-0.3, -0.25) is 9.59 Å². The van der Waals surface area contributed by atoms with Gasteiger partial charge in [0.05, 0.1) is 16.6 Å². The molecule has 0 aliphatic carbocycles. The second kappa shape index (κ2) is 8.19. The van der Waals surface area contributed by atoms with Crippen molar-refractivity contribution in [3.8, 4) is 0 Å². The molecule has 2 heterocycles. The first-order chi connectivity index (χ1) is 14.0. The first kappa shape index (κ1) is 19.4. The Morgan fingerprint density at radius 2 is 1.83 bits per heavy atom. The molecule has 0 bridgehead atoms. The number of nitrogens with one attached hydrogen (secondary N) is 1. The highest BCUT2D eigenvalue weighted by molar-refractivity contribution is 7.12. The van der Waals surface area contributed by atoms with E-state index in [4.69, 9.17) is 11.6 Å². The average Bonchev–Trinajstić information content (AvgIpc) is 3.38. The van der Waals surface area contributed by atoms with Gasteiger partial charge in [0.15, 0.2) is 0 Å². The standard InChI is InChI=1S/C22H18ClN3O2S/c1-14(27)24-18-10-6-15(7-11-18)20-13-19(21-3-2-12-29-21)25-26(20)22(28)16-4-8-17(23)9-5-16/h2-12,20H,13H2,1H3,(H,24,27). The van der Waals surface area contributed by atoms with Crippen molar-refractivity contribution in [1.82, 2.24) is 5.01 Å². The monoisotopic (exact) mass is 423 g/mol. The largest absolute Gasteiger partial charge is 0.326 e. The second-order valence-electron chi connectivity index (χ2n) is 6.70. The molecular weight excluding hydrogens is 406 g/mol. The molecule has 0 spiro atoms. The maximum atomic E-state index is 13.2. The van der Waals surface area contributed by atoms with Crippen molar-refractivity contribution in [2.45, 2.75) is 19.4 Å². The molecule has 1 aliphatic heterocycles.